The Bertz CT molecular complexity index is 378. The van der Waals surface area contributed by atoms with Crippen LogP contribution in [0.3, 0.4) is 0 Å². The molecule has 0 N–H and O–H groups in total. The Kier molecular flexibility index (Phi) is 7.92. The number of hydrogen-bond donors (Lipinski definition) is 0. The van der Waals surface area contributed by atoms with E-state index >= 15 is 0 Å². The summed E-state index contributed by atoms with van der Waals surface area (Å²) in [6.45, 7) is 4.92. The first-order valence-corrected chi connectivity index (χ1v) is 7.25. The molecule has 1 heterocycles. The van der Waals surface area contributed by atoms with E-state index in [-0.39, 0.29) is 0 Å². The number of hydrogen-bond acceptors (Lipinski definition) is 7. The summed E-state index contributed by atoms with van der Waals surface area (Å²) in [7, 11) is 8.14. The van der Waals surface area contributed by atoms with E-state index in [4.69, 9.17) is 9.47 Å². The third-order valence-corrected chi connectivity index (χ3v) is 2.67. The summed E-state index contributed by atoms with van der Waals surface area (Å²) >= 11 is 0. The maximum absolute atomic E-state index is 5.55. The third kappa shape index (κ3) is 8.41. The van der Waals surface area contributed by atoms with Crippen molar-refractivity contribution in [3.63, 3.8) is 0 Å². The summed E-state index contributed by atoms with van der Waals surface area (Å²) in [6, 6.07) is 0.674. The zero-order chi connectivity index (χ0) is 15.7. The zero-order valence-electron chi connectivity index (χ0n) is 13.8. The summed E-state index contributed by atoms with van der Waals surface area (Å²) in [4.78, 5) is 16.7. The molecule has 0 fully saturated rings. The van der Waals surface area contributed by atoms with Crippen molar-refractivity contribution in [2.24, 2.45) is 0 Å². The molecular weight excluding hydrogens is 270 g/mol. The predicted molar refractivity (Wildman–Crippen MR) is 81.9 cm³/mol. The normalized spacial score (nSPS) is 11.2. The van der Waals surface area contributed by atoms with Crippen molar-refractivity contribution < 1.29 is 9.47 Å². The molecule has 21 heavy (non-hydrogen) atoms. The minimum Gasteiger partial charge on any atom is -0.463 e. The van der Waals surface area contributed by atoms with Crippen LogP contribution in [0.1, 0.15) is 18.7 Å². The molecule has 0 bridgehead atoms. The standard InChI is InChI=1S/C14H27N5O2/c1-12-15-13(20-10-6-8-18(2)3)17-14(16-12)21-11-7-9-19(4)5/h6-11H2,1-5H3. The Morgan fingerprint density at radius 1 is 0.762 bits per heavy atom. The van der Waals surface area contributed by atoms with Gasteiger partial charge >= 0.3 is 12.0 Å². The van der Waals surface area contributed by atoms with Crippen molar-refractivity contribution >= 4 is 0 Å². The molecule has 1 aromatic rings. The molecule has 7 heteroatoms. The topological polar surface area (TPSA) is 63.6 Å². The monoisotopic (exact) mass is 297 g/mol. The molecule has 0 radical (unpaired) electrons. The quantitative estimate of drug-likeness (QED) is 0.593. The van der Waals surface area contributed by atoms with Gasteiger partial charge in [0.1, 0.15) is 5.82 Å². The third-order valence-electron chi connectivity index (χ3n) is 2.67. The predicted octanol–water partition coefficient (Wildman–Crippen LogP) is 0.841. The summed E-state index contributed by atoms with van der Waals surface area (Å²) < 4.78 is 11.1. The lowest BCUT2D eigenvalue weighted by Gasteiger charge is -2.11. The lowest BCUT2D eigenvalue weighted by Crippen LogP contribution is -2.17. The van der Waals surface area contributed by atoms with Gasteiger partial charge in [-0.25, -0.2) is 0 Å². The van der Waals surface area contributed by atoms with Gasteiger partial charge in [-0.1, -0.05) is 0 Å². The minimum atomic E-state index is 0.337. The van der Waals surface area contributed by atoms with Crippen molar-refractivity contribution in [3.8, 4) is 12.0 Å². The van der Waals surface area contributed by atoms with Gasteiger partial charge in [-0.15, -0.1) is 4.98 Å². The van der Waals surface area contributed by atoms with Gasteiger partial charge in [-0.3, -0.25) is 0 Å². The van der Waals surface area contributed by atoms with E-state index in [1.165, 1.54) is 0 Å². The molecule has 0 atom stereocenters. The second-order valence-electron chi connectivity index (χ2n) is 5.46. The van der Waals surface area contributed by atoms with Gasteiger partial charge in [-0.05, 0) is 48.0 Å². The van der Waals surface area contributed by atoms with Crippen LogP contribution in [0.2, 0.25) is 0 Å². The fourth-order valence-electron chi connectivity index (χ4n) is 1.65. The highest BCUT2D eigenvalue weighted by atomic mass is 16.5. The first-order valence-electron chi connectivity index (χ1n) is 7.25. The van der Waals surface area contributed by atoms with Crippen LogP contribution in [0.15, 0.2) is 0 Å². The van der Waals surface area contributed by atoms with Gasteiger partial charge < -0.3 is 19.3 Å². The molecule has 0 aliphatic carbocycles. The van der Waals surface area contributed by atoms with Gasteiger partial charge in [-0.2, -0.15) is 9.97 Å². The van der Waals surface area contributed by atoms with Crippen LogP contribution >= 0.6 is 0 Å². The molecule has 0 aliphatic heterocycles. The first-order chi connectivity index (χ1) is 9.97. The van der Waals surface area contributed by atoms with E-state index in [0.29, 0.717) is 31.1 Å². The van der Waals surface area contributed by atoms with Gasteiger partial charge in [0.15, 0.2) is 0 Å². The first kappa shape index (κ1) is 17.6. The molecule has 0 spiro atoms. The van der Waals surface area contributed by atoms with Crippen molar-refractivity contribution in [1.82, 2.24) is 24.8 Å². The molecule has 7 nitrogen and oxygen atoms in total. The summed E-state index contributed by atoms with van der Waals surface area (Å²) in [5, 5.41) is 0. The molecule has 1 aromatic heterocycles. The average Bonchev–Trinajstić information content (AvgIpc) is 2.39. The van der Waals surface area contributed by atoms with Crippen LogP contribution in [0, 0.1) is 6.92 Å². The van der Waals surface area contributed by atoms with Crippen molar-refractivity contribution in [3.05, 3.63) is 5.82 Å². The fourth-order valence-corrected chi connectivity index (χ4v) is 1.65. The highest BCUT2D eigenvalue weighted by Gasteiger charge is 2.06. The van der Waals surface area contributed by atoms with E-state index in [0.717, 1.165) is 25.9 Å². The van der Waals surface area contributed by atoms with Gasteiger partial charge in [0.05, 0.1) is 13.2 Å². The average molecular weight is 297 g/mol. The maximum Gasteiger partial charge on any atom is 0.322 e. The molecular formula is C14H27N5O2. The molecule has 1 rings (SSSR count). The van der Waals surface area contributed by atoms with Crippen LogP contribution in [0.4, 0.5) is 0 Å². The molecule has 0 amide bonds. The molecule has 0 aliphatic rings. The highest BCUT2D eigenvalue weighted by Crippen LogP contribution is 2.09. The lowest BCUT2D eigenvalue weighted by atomic mass is 10.4. The largest absolute Gasteiger partial charge is 0.463 e. The zero-order valence-corrected chi connectivity index (χ0v) is 13.8. The summed E-state index contributed by atoms with van der Waals surface area (Å²) in [6.07, 6.45) is 1.85. The van der Waals surface area contributed by atoms with Gasteiger partial charge in [0, 0.05) is 13.1 Å². The second kappa shape index (κ2) is 9.46. The Hall–Kier alpha value is -1.47. The van der Waals surface area contributed by atoms with Crippen molar-refractivity contribution in [1.29, 1.82) is 0 Å². The van der Waals surface area contributed by atoms with Crippen LogP contribution in [0.5, 0.6) is 12.0 Å². The van der Waals surface area contributed by atoms with E-state index in [1.807, 2.05) is 28.2 Å². The van der Waals surface area contributed by atoms with Crippen molar-refractivity contribution in [2.45, 2.75) is 19.8 Å². The summed E-state index contributed by atoms with van der Waals surface area (Å²) in [5.74, 6) is 0.607. The highest BCUT2D eigenvalue weighted by molar-refractivity contribution is 5.04. The maximum atomic E-state index is 5.55. The molecule has 120 valence electrons. The molecule has 0 unspecified atom stereocenters. The van der Waals surface area contributed by atoms with Crippen LogP contribution in [-0.4, -0.2) is 79.2 Å². The second-order valence-corrected chi connectivity index (χ2v) is 5.46. The van der Waals surface area contributed by atoms with Gasteiger partial charge in [0.2, 0.25) is 0 Å². The SMILES string of the molecule is Cc1nc(OCCCN(C)C)nc(OCCCN(C)C)n1. The molecule has 0 saturated heterocycles. The Morgan fingerprint density at radius 3 is 1.57 bits per heavy atom. The van der Waals surface area contributed by atoms with Crippen molar-refractivity contribution in [2.75, 3.05) is 54.5 Å². The van der Waals surface area contributed by atoms with E-state index in [1.54, 1.807) is 6.92 Å². The van der Waals surface area contributed by atoms with Crippen LogP contribution < -0.4 is 9.47 Å². The number of ether oxygens (including phenoxy) is 2. The number of aryl methyl sites for hydroxylation is 1. The van der Waals surface area contributed by atoms with E-state index < -0.39 is 0 Å². The lowest BCUT2D eigenvalue weighted by molar-refractivity contribution is 0.238. The summed E-state index contributed by atoms with van der Waals surface area (Å²) in [5.41, 5.74) is 0. The number of aromatic nitrogens is 3. The van der Waals surface area contributed by atoms with E-state index in [9.17, 15) is 0 Å². The Labute approximate surface area is 127 Å². The minimum absolute atomic E-state index is 0.337. The van der Waals surface area contributed by atoms with Gasteiger partial charge in [0.25, 0.3) is 0 Å². The smallest absolute Gasteiger partial charge is 0.322 e. The van der Waals surface area contributed by atoms with Crippen LogP contribution in [-0.2, 0) is 0 Å². The number of rotatable bonds is 10. The Balaban J connectivity index is 2.39. The van der Waals surface area contributed by atoms with E-state index in [2.05, 4.69) is 24.8 Å². The van der Waals surface area contributed by atoms with Crippen LogP contribution in [0.25, 0.3) is 0 Å². The fraction of sp³-hybridized carbons (Fsp3) is 0.786. The number of nitrogens with zero attached hydrogens (tertiary/aromatic N) is 5. The Morgan fingerprint density at radius 2 is 1.19 bits per heavy atom. The molecule has 0 saturated carbocycles. The molecule has 0 aromatic carbocycles.